The highest BCUT2D eigenvalue weighted by Crippen LogP contribution is 2.14. The summed E-state index contributed by atoms with van der Waals surface area (Å²) in [5.41, 5.74) is 0.106. The van der Waals surface area contributed by atoms with Crippen LogP contribution in [0.3, 0.4) is 0 Å². The third kappa shape index (κ3) is 3.82. The molecule has 0 spiro atoms. The number of likely N-dealkylation sites (N-methyl/N-ethyl adjacent to an activating group) is 1. The minimum absolute atomic E-state index is 0.218. The lowest BCUT2D eigenvalue weighted by atomic mass is 10.1. The second kappa shape index (κ2) is 4.84. The molecule has 1 aromatic carbocycles. The largest absolute Gasteiger partial charge is 0.389 e. The second-order valence-corrected chi connectivity index (χ2v) is 4.93. The molecule has 0 heterocycles. The first-order valence-corrected chi connectivity index (χ1v) is 5.45. The van der Waals surface area contributed by atoms with Gasteiger partial charge < -0.3 is 10.0 Å². The molecule has 1 N–H and O–H groups in total. The Morgan fingerprint density at radius 1 is 1.47 bits per heavy atom. The van der Waals surface area contributed by atoms with E-state index >= 15 is 0 Å². The molecule has 3 nitrogen and oxygen atoms in total. The van der Waals surface area contributed by atoms with E-state index in [0.29, 0.717) is 11.1 Å². The van der Waals surface area contributed by atoms with Crippen molar-refractivity contribution in [3.8, 4) is 0 Å². The average Bonchev–Trinajstić information content (AvgIpc) is 2.14. The van der Waals surface area contributed by atoms with Gasteiger partial charge in [-0.1, -0.05) is 0 Å². The number of rotatable bonds is 3. The van der Waals surface area contributed by atoms with Crippen molar-refractivity contribution in [3.05, 3.63) is 35.1 Å². The van der Waals surface area contributed by atoms with Crippen LogP contribution in [0.2, 0.25) is 0 Å². The van der Waals surface area contributed by atoms with E-state index in [-0.39, 0.29) is 18.3 Å². The minimum atomic E-state index is -0.946. The summed E-state index contributed by atoms with van der Waals surface area (Å²) in [4.78, 5) is 13.5. The van der Waals surface area contributed by atoms with Crippen molar-refractivity contribution in [2.24, 2.45) is 0 Å². The summed E-state index contributed by atoms with van der Waals surface area (Å²) in [5.74, 6) is -0.575. The zero-order chi connectivity index (χ0) is 13.2. The summed E-state index contributed by atoms with van der Waals surface area (Å²) in [5, 5.41) is 9.64. The molecule has 0 aliphatic heterocycles. The summed E-state index contributed by atoms with van der Waals surface area (Å²) in [6, 6.07) is 4.05. The first-order chi connectivity index (χ1) is 7.70. The van der Waals surface area contributed by atoms with Crippen molar-refractivity contribution in [1.29, 1.82) is 0 Å². The molecule has 0 aliphatic rings. The summed E-state index contributed by atoms with van der Waals surface area (Å²) in [7, 11) is 1.61. The van der Waals surface area contributed by atoms with E-state index in [2.05, 4.69) is 0 Å². The second-order valence-electron chi connectivity index (χ2n) is 4.93. The summed E-state index contributed by atoms with van der Waals surface area (Å²) < 4.78 is 12.9. The molecule has 17 heavy (non-hydrogen) atoms. The Morgan fingerprint density at radius 3 is 2.53 bits per heavy atom. The van der Waals surface area contributed by atoms with Gasteiger partial charge in [0.25, 0.3) is 5.91 Å². The smallest absolute Gasteiger partial charge is 0.253 e. The van der Waals surface area contributed by atoms with Crippen LogP contribution in [0, 0.1) is 12.7 Å². The quantitative estimate of drug-likeness (QED) is 0.876. The van der Waals surface area contributed by atoms with E-state index in [0.717, 1.165) is 0 Å². The van der Waals surface area contributed by atoms with Crippen molar-refractivity contribution >= 4 is 5.91 Å². The monoisotopic (exact) mass is 239 g/mol. The molecule has 0 atom stereocenters. The highest BCUT2D eigenvalue weighted by atomic mass is 19.1. The molecule has 0 bridgehead atoms. The van der Waals surface area contributed by atoms with Gasteiger partial charge in [0.1, 0.15) is 5.82 Å². The van der Waals surface area contributed by atoms with E-state index in [1.54, 1.807) is 27.8 Å². The van der Waals surface area contributed by atoms with Crippen LogP contribution in [0.25, 0.3) is 0 Å². The van der Waals surface area contributed by atoms with Gasteiger partial charge in [-0.3, -0.25) is 4.79 Å². The van der Waals surface area contributed by atoms with Crippen LogP contribution in [-0.4, -0.2) is 35.1 Å². The van der Waals surface area contributed by atoms with Crippen LogP contribution in [0.5, 0.6) is 0 Å². The third-order valence-electron chi connectivity index (χ3n) is 2.39. The number of halogens is 1. The summed E-state index contributed by atoms with van der Waals surface area (Å²) in [6.07, 6.45) is 0. The Hall–Kier alpha value is -1.42. The predicted molar refractivity (Wildman–Crippen MR) is 64.4 cm³/mol. The normalized spacial score (nSPS) is 11.4. The molecule has 0 fully saturated rings. The van der Waals surface area contributed by atoms with Gasteiger partial charge in [0.05, 0.1) is 5.60 Å². The first-order valence-electron chi connectivity index (χ1n) is 5.45. The number of hydrogen-bond donors (Lipinski definition) is 1. The summed E-state index contributed by atoms with van der Waals surface area (Å²) >= 11 is 0. The number of carbonyl (C=O) groups excluding carboxylic acids is 1. The lowest BCUT2D eigenvalue weighted by Crippen LogP contribution is -2.39. The molecule has 1 amide bonds. The Morgan fingerprint density at radius 2 is 2.06 bits per heavy atom. The Kier molecular flexibility index (Phi) is 3.88. The lowest BCUT2D eigenvalue weighted by molar-refractivity contribution is 0.0367. The molecule has 94 valence electrons. The van der Waals surface area contributed by atoms with Crippen molar-refractivity contribution < 1.29 is 14.3 Å². The van der Waals surface area contributed by atoms with Crippen molar-refractivity contribution in [2.45, 2.75) is 26.4 Å². The van der Waals surface area contributed by atoms with E-state index < -0.39 is 5.60 Å². The SMILES string of the molecule is Cc1cc(F)ccc1C(=O)N(C)CC(C)(C)O. The fourth-order valence-corrected chi connectivity index (χ4v) is 1.72. The topological polar surface area (TPSA) is 40.5 Å². The number of amides is 1. The minimum Gasteiger partial charge on any atom is -0.389 e. The van der Waals surface area contributed by atoms with Gasteiger partial charge in [-0.25, -0.2) is 4.39 Å². The zero-order valence-electron chi connectivity index (χ0n) is 10.6. The van der Waals surface area contributed by atoms with Crippen LogP contribution in [0.15, 0.2) is 18.2 Å². The van der Waals surface area contributed by atoms with Gasteiger partial charge in [-0.2, -0.15) is 0 Å². The molecule has 0 unspecified atom stereocenters. The fourth-order valence-electron chi connectivity index (χ4n) is 1.72. The molecule has 1 aromatic rings. The van der Waals surface area contributed by atoms with Crippen LogP contribution >= 0.6 is 0 Å². The Labute approximate surface area is 101 Å². The molecule has 0 saturated heterocycles. The first kappa shape index (κ1) is 13.6. The number of aryl methyl sites for hydroxylation is 1. The summed E-state index contributed by atoms with van der Waals surface area (Å²) in [6.45, 7) is 5.18. The van der Waals surface area contributed by atoms with E-state index in [1.165, 1.54) is 23.1 Å². The molecule has 0 aliphatic carbocycles. The van der Waals surface area contributed by atoms with Crippen LogP contribution in [0.1, 0.15) is 29.8 Å². The Balaban J connectivity index is 2.89. The third-order valence-corrected chi connectivity index (χ3v) is 2.39. The van der Waals surface area contributed by atoms with Gasteiger partial charge in [0, 0.05) is 19.2 Å². The molecular weight excluding hydrogens is 221 g/mol. The zero-order valence-corrected chi connectivity index (χ0v) is 10.6. The van der Waals surface area contributed by atoms with E-state index in [1.807, 2.05) is 0 Å². The standard InChI is InChI=1S/C13H18FNO2/c1-9-7-10(14)5-6-11(9)12(16)15(4)8-13(2,3)17/h5-7,17H,8H2,1-4H3. The fraction of sp³-hybridized carbons (Fsp3) is 0.462. The maximum absolute atomic E-state index is 12.9. The number of carbonyl (C=O) groups is 1. The van der Waals surface area contributed by atoms with E-state index in [9.17, 15) is 14.3 Å². The molecule has 4 heteroatoms. The molecule has 0 radical (unpaired) electrons. The molecular formula is C13H18FNO2. The number of benzene rings is 1. The predicted octanol–water partition coefficient (Wildman–Crippen LogP) is 1.98. The van der Waals surface area contributed by atoms with Gasteiger partial charge in [0.15, 0.2) is 0 Å². The number of aliphatic hydroxyl groups is 1. The van der Waals surface area contributed by atoms with Gasteiger partial charge >= 0.3 is 0 Å². The molecule has 0 aromatic heterocycles. The van der Waals surface area contributed by atoms with Gasteiger partial charge in [-0.05, 0) is 44.5 Å². The van der Waals surface area contributed by atoms with Crippen molar-refractivity contribution in [2.75, 3.05) is 13.6 Å². The highest BCUT2D eigenvalue weighted by molar-refractivity contribution is 5.95. The number of hydrogen-bond acceptors (Lipinski definition) is 2. The lowest BCUT2D eigenvalue weighted by Gasteiger charge is -2.26. The Bertz CT molecular complexity index is 424. The highest BCUT2D eigenvalue weighted by Gasteiger charge is 2.21. The van der Waals surface area contributed by atoms with E-state index in [4.69, 9.17) is 0 Å². The van der Waals surface area contributed by atoms with Crippen LogP contribution in [-0.2, 0) is 0 Å². The molecule has 0 saturated carbocycles. The average molecular weight is 239 g/mol. The van der Waals surface area contributed by atoms with Crippen molar-refractivity contribution in [3.63, 3.8) is 0 Å². The molecule has 1 rings (SSSR count). The number of nitrogens with zero attached hydrogens (tertiary/aromatic N) is 1. The van der Waals surface area contributed by atoms with Crippen molar-refractivity contribution in [1.82, 2.24) is 4.90 Å². The van der Waals surface area contributed by atoms with Gasteiger partial charge in [-0.15, -0.1) is 0 Å². The maximum Gasteiger partial charge on any atom is 0.253 e. The van der Waals surface area contributed by atoms with Crippen LogP contribution in [0.4, 0.5) is 4.39 Å². The van der Waals surface area contributed by atoms with Gasteiger partial charge in [0.2, 0.25) is 0 Å². The van der Waals surface area contributed by atoms with Crippen LogP contribution < -0.4 is 0 Å². The maximum atomic E-state index is 12.9.